The number of hydrogen-bond acceptors (Lipinski definition) is 9. The molecule has 3 aliphatic heterocycles. The highest BCUT2D eigenvalue weighted by Gasteiger charge is 2.62. The number of sulfonamides is 1. The summed E-state index contributed by atoms with van der Waals surface area (Å²) in [4.78, 5) is 59.3. The van der Waals surface area contributed by atoms with Crippen LogP contribution in [0.2, 0.25) is 0 Å². The average Bonchev–Trinajstić information content (AvgIpc) is 4.04. The molecule has 1 aromatic rings. The molecule has 14 heteroatoms. The van der Waals surface area contributed by atoms with Gasteiger partial charge in [-0.3, -0.25) is 29.3 Å². The Morgan fingerprint density at radius 2 is 1.81 bits per heavy atom. The number of ether oxygens (including phenoxy) is 2. The first-order chi connectivity index (χ1) is 24.9. The molecule has 8 atom stereocenters. The molecule has 3 saturated carbocycles. The van der Waals surface area contributed by atoms with Crippen molar-refractivity contribution < 1.29 is 37.1 Å². The van der Waals surface area contributed by atoms with Gasteiger partial charge in [-0.15, -0.1) is 6.58 Å². The second kappa shape index (κ2) is 13.7. The van der Waals surface area contributed by atoms with E-state index in [0.717, 1.165) is 43.2 Å². The van der Waals surface area contributed by atoms with E-state index in [4.69, 9.17) is 9.47 Å². The van der Waals surface area contributed by atoms with Gasteiger partial charge in [0.1, 0.15) is 23.9 Å². The smallest absolute Gasteiger partial charge is 0.410 e. The fourth-order valence-corrected chi connectivity index (χ4v) is 10.0. The Morgan fingerprint density at radius 1 is 1.08 bits per heavy atom. The minimum Gasteiger partial charge on any atom is -0.444 e. The number of carbonyl (C=O) groups is 4. The summed E-state index contributed by atoms with van der Waals surface area (Å²) in [5.41, 5.74) is 1.07. The number of hydrogen-bond donors (Lipinski definition) is 3. The number of benzene rings is 1. The quantitative estimate of drug-likeness (QED) is 0.368. The van der Waals surface area contributed by atoms with Crippen molar-refractivity contribution in [1.82, 2.24) is 25.2 Å². The molecular formula is C39H55N5O8S. The van der Waals surface area contributed by atoms with Gasteiger partial charge in [0.15, 0.2) is 0 Å². The minimum absolute atomic E-state index is 0.00878. The number of carbonyl (C=O) groups excluding carboxylic acids is 4. The zero-order valence-electron chi connectivity index (χ0n) is 31.6. The Kier molecular flexibility index (Phi) is 9.75. The molecule has 290 valence electrons. The van der Waals surface area contributed by atoms with Crippen LogP contribution in [0, 0.1) is 17.3 Å². The zero-order valence-corrected chi connectivity index (χ0v) is 32.4. The van der Waals surface area contributed by atoms with E-state index in [1.54, 1.807) is 4.90 Å². The molecule has 6 aliphatic rings. The highest BCUT2D eigenvalue weighted by Crippen LogP contribution is 2.50. The van der Waals surface area contributed by atoms with Crippen LogP contribution in [-0.4, -0.2) is 89.4 Å². The second-order valence-corrected chi connectivity index (χ2v) is 19.5. The predicted molar refractivity (Wildman–Crippen MR) is 196 cm³/mol. The van der Waals surface area contributed by atoms with Gasteiger partial charge in [-0.05, 0) is 86.8 Å². The Hall–Kier alpha value is -3.49. The first kappa shape index (κ1) is 37.8. The molecule has 53 heavy (non-hydrogen) atoms. The van der Waals surface area contributed by atoms with E-state index in [1.807, 2.05) is 39.8 Å². The largest absolute Gasteiger partial charge is 0.444 e. The van der Waals surface area contributed by atoms with E-state index in [-0.39, 0.29) is 30.9 Å². The summed E-state index contributed by atoms with van der Waals surface area (Å²) in [6, 6.07) is 4.35. The summed E-state index contributed by atoms with van der Waals surface area (Å²) in [6.07, 6.45) is 5.89. The van der Waals surface area contributed by atoms with Crippen LogP contribution in [0.5, 0.6) is 0 Å². The lowest BCUT2D eigenvalue weighted by atomic mass is 9.85. The van der Waals surface area contributed by atoms with E-state index in [9.17, 15) is 27.6 Å². The summed E-state index contributed by atoms with van der Waals surface area (Å²) in [7, 11) is -3.88. The van der Waals surface area contributed by atoms with Crippen LogP contribution >= 0.6 is 0 Å². The molecule has 3 aliphatic carbocycles. The molecule has 1 aromatic carbocycles. The molecule has 1 saturated heterocycles. The van der Waals surface area contributed by atoms with Crippen molar-refractivity contribution in [3.8, 4) is 0 Å². The van der Waals surface area contributed by atoms with E-state index >= 15 is 0 Å². The Morgan fingerprint density at radius 3 is 2.49 bits per heavy atom. The standard InChI is InChI=1S/C39H55N5O8S/c1-7-26-19-39(26,35(47)42-53(49,50)29-15-16-29)41-33(45)31-17-28-21-44(31)34(46)32(37(3,4)5)40-23(2)52-38(6)18-27(38)14-9-8-11-24-12-10-13-25-20-43(22-30(24)25)36(48)51-28/h7,10,12-13,23,26-29,31-32,40H,1,8-9,11,14-22H2,2-6H3,(H,41,45)(H,42,47)/t23?,26-,27?,28-,31+,32-,38+,39-/m1/s1. The molecule has 4 amide bonds. The fourth-order valence-electron chi connectivity index (χ4n) is 8.68. The van der Waals surface area contributed by atoms with Gasteiger partial charge in [-0.25, -0.2) is 13.2 Å². The van der Waals surface area contributed by atoms with Gasteiger partial charge >= 0.3 is 6.09 Å². The van der Waals surface area contributed by atoms with E-state index in [1.165, 1.54) is 16.5 Å². The van der Waals surface area contributed by atoms with Crippen molar-refractivity contribution in [3.63, 3.8) is 0 Å². The maximum atomic E-state index is 14.7. The lowest BCUT2D eigenvalue weighted by molar-refractivity contribution is -0.145. The Bertz CT molecular complexity index is 1790. The number of fused-ring (bicyclic) bond motifs is 4. The van der Waals surface area contributed by atoms with Crippen molar-refractivity contribution in [2.75, 3.05) is 6.54 Å². The summed E-state index contributed by atoms with van der Waals surface area (Å²) >= 11 is 0. The van der Waals surface area contributed by atoms with Crippen molar-refractivity contribution in [1.29, 1.82) is 0 Å². The molecule has 0 spiro atoms. The monoisotopic (exact) mass is 753 g/mol. The van der Waals surface area contributed by atoms with Gasteiger partial charge in [-0.2, -0.15) is 0 Å². The van der Waals surface area contributed by atoms with Crippen LogP contribution in [-0.2, 0) is 53.4 Å². The van der Waals surface area contributed by atoms with Crippen LogP contribution in [0.1, 0.15) is 103 Å². The lowest BCUT2D eigenvalue weighted by Gasteiger charge is -2.37. The molecule has 4 fully saturated rings. The number of nitrogens with one attached hydrogen (secondary N) is 3. The maximum absolute atomic E-state index is 14.7. The number of rotatable bonds is 6. The van der Waals surface area contributed by atoms with Gasteiger partial charge < -0.3 is 19.7 Å². The van der Waals surface area contributed by atoms with Gasteiger partial charge in [0.25, 0.3) is 5.91 Å². The van der Waals surface area contributed by atoms with Crippen LogP contribution < -0.4 is 15.4 Å². The summed E-state index contributed by atoms with van der Waals surface area (Å²) in [6.45, 7) is 14.5. The Balaban J connectivity index is 1.16. The third-order valence-corrected chi connectivity index (χ3v) is 14.1. The van der Waals surface area contributed by atoms with Crippen LogP contribution in [0.25, 0.3) is 0 Å². The first-order valence-corrected chi connectivity index (χ1v) is 20.8. The molecule has 4 bridgehead atoms. The number of nitrogens with zero attached hydrogens (tertiary/aromatic N) is 2. The highest BCUT2D eigenvalue weighted by atomic mass is 32.2. The normalized spacial score (nSPS) is 34.8. The topological polar surface area (TPSA) is 163 Å². The summed E-state index contributed by atoms with van der Waals surface area (Å²) in [5.74, 6) is -1.87. The lowest BCUT2D eigenvalue weighted by Crippen LogP contribution is -2.60. The van der Waals surface area contributed by atoms with Gasteiger partial charge in [-0.1, -0.05) is 51.5 Å². The highest BCUT2D eigenvalue weighted by molar-refractivity contribution is 7.91. The Labute approximate surface area is 313 Å². The van der Waals surface area contributed by atoms with Crippen molar-refractivity contribution in [3.05, 3.63) is 47.5 Å². The number of amides is 4. The SMILES string of the molecule is C=C[C@@H]1C[C@]1(NC(=O)[C@@H]1C[C@@H]2CN1C(=O)[C@H](C(C)(C)C)NC(C)O[C@@]1(C)CC1CCCCc1cccc3c1CN(C3)C(=O)O2)C(=O)NS(=O)(=O)C1CC1. The van der Waals surface area contributed by atoms with Crippen LogP contribution in [0.3, 0.4) is 0 Å². The maximum Gasteiger partial charge on any atom is 0.410 e. The molecule has 13 nitrogen and oxygen atoms in total. The second-order valence-electron chi connectivity index (χ2n) is 17.5. The van der Waals surface area contributed by atoms with E-state index < -0.39 is 74.5 Å². The van der Waals surface area contributed by atoms with Crippen molar-refractivity contribution in [2.45, 2.75) is 146 Å². The third kappa shape index (κ3) is 7.60. The van der Waals surface area contributed by atoms with Crippen molar-refractivity contribution >= 4 is 33.8 Å². The molecule has 3 N–H and O–H groups in total. The molecule has 7 rings (SSSR count). The van der Waals surface area contributed by atoms with Crippen molar-refractivity contribution in [2.24, 2.45) is 17.3 Å². The average molecular weight is 754 g/mol. The predicted octanol–water partition coefficient (Wildman–Crippen LogP) is 3.65. The molecular weight excluding hydrogens is 699 g/mol. The van der Waals surface area contributed by atoms with Gasteiger partial charge in [0.05, 0.1) is 23.4 Å². The van der Waals surface area contributed by atoms with Gasteiger partial charge in [0, 0.05) is 25.4 Å². The third-order valence-electron chi connectivity index (χ3n) is 12.3. The van der Waals surface area contributed by atoms with Crippen LogP contribution in [0.15, 0.2) is 30.9 Å². The minimum atomic E-state index is -3.88. The van der Waals surface area contributed by atoms with Crippen LogP contribution in [0.4, 0.5) is 4.79 Å². The molecule has 3 heterocycles. The van der Waals surface area contributed by atoms with Gasteiger partial charge in [0.2, 0.25) is 21.8 Å². The zero-order chi connectivity index (χ0) is 38.1. The van der Waals surface area contributed by atoms with E-state index in [0.29, 0.717) is 31.8 Å². The molecule has 2 unspecified atom stereocenters. The first-order valence-electron chi connectivity index (χ1n) is 19.2. The fraction of sp³-hybridized carbons (Fsp3) is 0.692. The molecule has 0 radical (unpaired) electrons. The molecule has 0 aromatic heterocycles. The van der Waals surface area contributed by atoms with E-state index in [2.05, 4.69) is 34.9 Å². The summed E-state index contributed by atoms with van der Waals surface area (Å²) in [5, 5.41) is 5.63. The number of aryl methyl sites for hydroxylation is 1. The summed E-state index contributed by atoms with van der Waals surface area (Å²) < 4.78 is 40.2.